The number of carbonyl (C=O) groups is 2. The number of carboxylic acid groups (broad SMARTS) is 1. The van der Waals surface area contributed by atoms with Crippen molar-refractivity contribution in [2.75, 3.05) is 11.5 Å². The molecule has 4 rings (SSSR count). The molecule has 2 saturated carbocycles. The highest BCUT2D eigenvalue weighted by atomic mass is 32.2. The number of amides is 1. The van der Waals surface area contributed by atoms with Gasteiger partial charge in [0.1, 0.15) is 0 Å². The van der Waals surface area contributed by atoms with Crippen LogP contribution in [0.4, 0.5) is 0 Å². The number of fused-ring (bicyclic) bond motifs is 3. The Balaban J connectivity index is 1.52. The minimum absolute atomic E-state index is 0.0373. The lowest BCUT2D eigenvalue weighted by molar-refractivity contribution is -0.137. The molecule has 1 N–H and O–H groups in total. The average molecular weight is 401 g/mol. The summed E-state index contributed by atoms with van der Waals surface area (Å²) in [6.45, 7) is 0. The molecule has 4 fully saturated rings. The maximum absolute atomic E-state index is 12.2. The monoisotopic (exact) mass is 400 g/mol. The van der Waals surface area contributed by atoms with Crippen LogP contribution in [-0.2, 0) is 19.4 Å². The van der Waals surface area contributed by atoms with E-state index in [1.54, 1.807) is 0 Å². The van der Waals surface area contributed by atoms with Gasteiger partial charge in [-0.05, 0) is 37.5 Å². The SMILES string of the molecule is O=C(O)CCCC(=O)N=C1SC2CS(=O)(=O)CC2N1C1CC2CCC1C2. The summed E-state index contributed by atoms with van der Waals surface area (Å²) >= 11 is 1.43. The van der Waals surface area contributed by atoms with E-state index in [2.05, 4.69) is 9.89 Å². The zero-order valence-corrected chi connectivity index (χ0v) is 16.2. The van der Waals surface area contributed by atoms with Gasteiger partial charge >= 0.3 is 5.97 Å². The molecule has 4 aliphatic rings. The molecule has 2 saturated heterocycles. The second-order valence-corrected chi connectivity index (χ2v) is 11.3. The highest BCUT2D eigenvalue weighted by Gasteiger charge is 2.54. The van der Waals surface area contributed by atoms with E-state index in [1.807, 2.05) is 0 Å². The molecule has 0 radical (unpaired) electrons. The Labute approximate surface area is 157 Å². The number of hydrogen-bond acceptors (Lipinski definition) is 5. The van der Waals surface area contributed by atoms with Gasteiger partial charge in [0.2, 0.25) is 5.91 Å². The Kier molecular flexibility index (Phi) is 4.79. The average Bonchev–Trinajstić information content (AvgIpc) is 3.26. The molecule has 7 nitrogen and oxygen atoms in total. The summed E-state index contributed by atoms with van der Waals surface area (Å²) in [7, 11) is -3.02. The first-order valence-corrected chi connectivity index (χ1v) is 12.0. The predicted octanol–water partition coefficient (Wildman–Crippen LogP) is 1.53. The van der Waals surface area contributed by atoms with Gasteiger partial charge in [0.05, 0.1) is 17.5 Å². The van der Waals surface area contributed by atoms with E-state index < -0.39 is 15.8 Å². The minimum atomic E-state index is -3.02. The van der Waals surface area contributed by atoms with Gasteiger partial charge in [-0.3, -0.25) is 9.59 Å². The number of sulfone groups is 1. The molecular weight excluding hydrogens is 376 g/mol. The molecule has 0 spiro atoms. The molecular formula is C17H24N2O5S2. The van der Waals surface area contributed by atoms with Crippen molar-refractivity contribution in [2.45, 2.75) is 62.3 Å². The van der Waals surface area contributed by atoms with Crippen molar-refractivity contribution >= 4 is 38.6 Å². The van der Waals surface area contributed by atoms with Gasteiger partial charge in [-0.2, -0.15) is 4.99 Å². The zero-order valence-electron chi connectivity index (χ0n) is 14.5. The lowest BCUT2D eigenvalue weighted by Gasteiger charge is -2.36. The lowest BCUT2D eigenvalue weighted by Crippen LogP contribution is -2.47. The second-order valence-electron chi connectivity index (χ2n) is 7.99. The summed E-state index contributed by atoms with van der Waals surface area (Å²) in [6, 6.07) is 0.232. The van der Waals surface area contributed by atoms with E-state index in [9.17, 15) is 18.0 Å². The van der Waals surface area contributed by atoms with Crippen LogP contribution in [0.15, 0.2) is 4.99 Å². The van der Waals surface area contributed by atoms with E-state index in [0.29, 0.717) is 17.1 Å². The van der Waals surface area contributed by atoms with Crippen molar-refractivity contribution in [1.29, 1.82) is 0 Å². The van der Waals surface area contributed by atoms with Gasteiger partial charge in [0, 0.05) is 24.1 Å². The largest absolute Gasteiger partial charge is 0.481 e. The van der Waals surface area contributed by atoms with E-state index in [4.69, 9.17) is 5.11 Å². The smallest absolute Gasteiger partial charge is 0.303 e. The highest BCUT2D eigenvalue weighted by Crippen LogP contribution is 2.51. The molecule has 5 unspecified atom stereocenters. The topological polar surface area (TPSA) is 104 Å². The third-order valence-corrected chi connectivity index (χ3v) is 9.39. The van der Waals surface area contributed by atoms with Crippen LogP contribution in [0.2, 0.25) is 0 Å². The maximum Gasteiger partial charge on any atom is 0.303 e. The number of aliphatic imine (C=N–C) groups is 1. The number of amidine groups is 1. The summed E-state index contributed by atoms with van der Waals surface area (Å²) in [5.74, 6) is 0.403. The Morgan fingerprint density at radius 3 is 2.62 bits per heavy atom. The van der Waals surface area contributed by atoms with Crippen LogP contribution in [0.25, 0.3) is 0 Å². The molecule has 9 heteroatoms. The number of carboxylic acids is 1. The fourth-order valence-electron chi connectivity index (χ4n) is 5.08. The van der Waals surface area contributed by atoms with Gasteiger partial charge < -0.3 is 10.0 Å². The summed E-state index contributed by atoms with van der Waals surface area (Å²) in [5.41, 5.74) is 0. The predicted molar refractivity (Wildman–Crippen MR) is 98.8 cm³/mol. The minimum Gasteiger partial charge on any atom is -0.481 e. The number of aliphatic carboxylic acids is 1. The van der Waals surface area contributed by atoms with Crippen LogP contribution < -0.4 is 0 Å². The quantitative estimate of drug-likeness (QED) is 0.746. The van der Waals surface area contributed by atoms with Gasteiger partial charge in [-0.25, -0.2) is 8.42 Å². The Morgan fingerprint density at radius 1 is 1.15 bits per heavy atom. The van der Waals surface area contributed by atoms with E-state index in [-0.39, 0.29) is 48.0 Å². The molecule has 1 amide bonds. The van der Waals surface area contributed by atoms with Crippen LogP contribution >= 0.6 is 11.8 Å². The van der Waals surface area contributed by atoms with Crippen LogP contribution in [0.1, 0.15) is 44.9 Å². The van der Waals surface area contributed by atoms with Crippen molar-refractivity contribution in [1.82, 2.24) is 4.90 Å². The Hall–Kier alpha value is -1.09. The molecule has 2 bridgehead atoms. The van der Waals surface area contributed by atoms with Crippen molar-refractivity contribution in [2.24, 2.45) is 16.8 Å². The summed E-state index contributed by atoms with van der Waals surface area (Å²) in [5, 5.41) is 9.33. The van der Waals surface area contributed by atoms with Crippen LogP contribution in [0, 0.1) is 11.8 Å². The zero-order chi connectivity index (χ0) is 18.5. The number of carbonyl (C=O) groups excluding carboxylic acids is 1. The van der Waals surface area contributed by atoms with Crippen LogP contribution in [-0.4, -0.2) is 64.3 Å². The lowest BCUT2D eigenvalue weighted by atomic mass is 9.93. The molecule has 26 heavy (non-hydrogen) atoms. The number of nitrogens with zero attached hydrogens (tertiary/aromatic N) is 2. The molecule has 2 aliphatic heterocycles. The van der Waals surface area contributed by atoms with E-state index >= 15 is 0 Å². The first kappa shape index (κ1) is 18.3. The summed E-state index contributed by atoms with van der Waals surface area (Å²) in [6.07, 6.45) is 5.08. The molecule has 2 heterocycles. The fraction of sp³-hybridized carbons (Fsp3) is 0.824. The van der Waals surface area contributed by atoms with Crippen LogP contribution in [0.5, 0.6) is 0 Å². The van der Waals surface area contributed by atoms with Crippen molar-refractivity contribution < 1.29 is 23.1 Å². The molecule has 144 valence electrons. The molecule has 0 aromatic heterocycles. The first-order valence-electron chi connectivity index (χ1n) is 9.31. The van der Waals surface area contributed by atoms with Crippen LogP contribution in [0.3, 0.4) is 0 Å². The Bertz CT molecular complexity index is 750. The molecule has 5 atom stereocenters. The van der Waals surface area contributed by atoms with Gasteiger partial charge in [-0.15, -0.1) is 0 Å². The van der Waals surface area contributed by atoms with Gasteiger partial charge in [0.15, 0.2) is 15.0 Å². The maximum atomic E-state index is 12.2. The van der Waals surface area contributed by atoms with E-state index in [1.165, 1.54) is 31.0 Å². The number of hydrogen-bond donors (Lipinski definition) is 1. The second kappa shape index (κ2) is 6.82. The normalized spacial score (nSPS) is 38.8. The van der Waals surface area contributed by atoms with Gasteiger partial charge in [-0.1, -0.05) is 18.2 Å². The number of rotatable bonds is 5. The van der Waals surface area contributed by atoms with Crippen molar-refractivity contribution in [3.05, 3.63) is 0 Å². The molecule has 0 aromatic rings. The summed E-state index contributed by atoms with van der Waals surface area (Å²) < 4.78 is 24.2. The van der Waals surface area contributed by atoms with Crippen molar-refractivity contribution in [3.8, 4) is 0 Å². The first-order chi connectivity index (χ1) is 12.3. The van der Waals surface area contributed by atoms with Crippen molar-refractivity contribution in [3.63, 3.8) is 0 Å². The highest BCUT2D eigenvalue weighted by molar-refractivity contribution is 8.15. The number of thioether (sulfide) groups is 1. The Morgan fingerprint density at radius 2 is 1.96 bits per heavy atom. The summed E-state index contributed by atoms with van der Waals surface area (Å²) in [4.78, 5) is 29.3. The molecule has 2 aliphatic carbocycles. The standard InChI is InChI=1S/C17H24N2O5S2/c20-15(2-1-3-16(21)22)18-17-19(12-7-10-4-5-11(12)6-10)13-8-26(23,24)9-14(13)25-17/h10-14H,1-9H2,(H,21,22). The third kappa shape index (κ3) is 3.52. The third-order valence-electron chi connectivity index (χ3n) is 6.17. The fourth-order valence-corrected chi connectivity index (χ4v) is 9.07. The molecule has 0 aromatic carbocycles. The van der Waals surface area contributed by atoms with Gasteiger partial charge in [0.25, 0.3) is 0 Å². The van der Waals surface area contributed by atoms with E-state index in [0.717, 1.165) is 12.3 Å².